The van der Waals surface area contributed by atoms with Crippen molar-refractivity contribution in [3.63, 3.8) is 0 Å². The van der Waals surface area contributed by atoms with E-state index in [0.29, 0.717) is 6.54 Å². The number of aliphatic hydroxyl groups excluding tert-OH is 1. The summed E-state index contributed by atoms with van der Waals surface area (Å²) in [5.41, 5.74) is 1.98. The Kier molecular flexibility index (Phi) is 5.09. The first-order valence-corrected chi connectivity index (χ1v) is 6.66. The number of hydrogen-bond donors (Lipinski definition) is 2. The monoisotopic (exact) mass is 272 g/mol. The molecular weight excluding hydrogens is 252 g/mol. The standard InChI is InChI=1S/C16H20N2O2/c1-12(14-4-3-9-17-10-14)18-11-16(19)13-5-7-15(20-2)8-6-13/h3-10,12,16,18-19H,11H2,1-2H3. The number of ether oxygens (including phenoxy) is 1. The van der Waals surface area contributed by atoms with Crippen LogP contribution in [0.1, 0.15) is 30.2 Å². The summed E-state index contributed by atoms with van der Waals surface area (Å²) in [5, 5.41) is 13.5. The van der Waals surface area contributed by atoms with Crippen molar-refractivity contribution in [3.8, 4) is 5.75 Å². The average Bonchev–Trinajstić information content (AvgIpc) is 2.53. The lowest BCUT2D eigenvalue weighted by Gasteiger charge is -2.17. The molecular formula is C16H20N2O2. The van der Waals surface area contributed by atoms with E-state index in [-0.39, 0.29) is 6.04 Å². The highest BCUT2D eigenvalue weighted by Gasteiger charge is 2.10. The normalized spacial score (nSPS) is 13.8. The first-order valence-electron chi connectivity index (χ1n) is 6.66. The van der Waals surface area contributed by atoms with E-state index in [9.17, 15) is 5.11 Å². The summed E-state index contributed by atoms with van der Waals surface area (Å²) < 4.78 is 5.10. The predicted molar refractivity (Wildman–Crippen MR) is 78.6 cm³/mol. The molecule has 0 aliphatic carbocycles. The van der Waals surface area contributed by atoms with Crippen molar-refractivity contribution in [3.05, 3.63) is 59.9 Å². The van der Waals surface area contributed by atoms with Crippen molar-refractivity contribution in [2.75, 3.05) is 13.7 Å². The quantitative estimate of drug-likeness (QED) is 0.848. The van der Waals surface area contributed by atoms with E-state index in [4.69, 9.17) is 4.74 Å². The van der Waals surface area contributed by atoms with Gasteiger partial charge in [-0.1, -0.05) is 18.2 Å². The van der Waals surface area contributed by atoms with E-state index in [0.717, 1.165) is 16.9 Å². The van der Waals surface area contributed by atoms with Gasteiger partial charge in [0.15, 0.2) is 0 Å². The zero-order valence-corrected chi connectivity index (χ0v) is 11.8. The van der Waals surface area contributed by atoms with Crippen molar-refractivity contribution in [2.24, 2.45) is 0 Å². The van der Waals surface area contributed by atoms with Gasteiger partial charge in [-0.25, -0.2) is 0 Å². The maximum Gasteiger partial charge on any atom is 0.118 e. The SMILES string of the molecule is COc1ccc(C(O)CNC(C)c2cccnc2)cc1. The summed E-state index contributed by atoms with van der Waals surface area (Å²) in [4.78, 5) is 4.09. The van der Waals surface area contributed by atoms with E-state index in [2.05, 4.69) is 17.2 Å². The maximum absolute atomic E-state index is 10.2. The molecule has 0 saturated heterocycles. The fraction of sp³-hybridized carbons (Fsp3) is 0.312. The summed E-state index contributed by atoms with van der Waals surface area (Å²) in [6, 6.07) is 11.5. The van der Waals surface area contributed by atoms with Crippen LogP contribution in [0, 0.1) is 0 Å². The van der Waals surface area contributed by atoms with Crippen LogP contribution in [0.15, 0.2) is 48.8 Å². The zero-order valence-electron chi connectivity index (χ0n) is 11.8. The number of benzene rings is 1. The molecule has 4 nitrogen and oxygen atoms in total. The predicted octanol–water partition coefficient (Wildman–Crippen LogP) is 2.47. The largest absolute Gasteiger partial charge is 0.497 e. The van der Waals surface area contributed by atoms with E-state index in [1.165, 1.54) is 0 Å². The van der Waals surface area contributed by atoms with Crippen molar-refractivity contribution in [1.29, 1.82) is 0 Å². The Morgan fingerprint density at radius 2 is 1.95 bits per heavy atom. The summed E-state index contributed by atoms with van der Waals surface area (Å²) in [6.07, 6.45) is 3.04. The molecule has 2 rings (SSSR count). The first kappa shape index (κ1) is 14.5. The van der Waals surface area contributed by atoms with E-state index >= 15 is 0 Å². The van der Waals surface area contributed by atoms with Crippen LogP contribution in [-0.4, -0.2) is 23.7 Å². The molecule has 2 unspecified atom stereocenters. The summed E-state index contributed by atoms with van der Waals surface area (Å²) in [5.74, 6) is 0.789. The second-order valence-electron chi connectivity index (χ2n) is 4.71. The van der Waals surface area contributed by atoms with Gasteiger partial charge in [-0.2, -0.15) is 0 Å². The lowest BCUT2D eigenvalue weighted by Crippen LogP contribution is -2.24. The molecule has 2 N–H and O–H groups in total. The van der Waals surface area contributed by atoms with E-state index in [1.54, 1.807) is 13.3 Å². The van der Waals surface area contributed by atoms with Gasteiger partial charge >= 0.3 is 0 Å². The first-order chi connectivity index (χ1) is 9.70. The fourth-order valence-corrected chi connectivity index (χ4v) is 1.98. The van der Waals surface area contributed by atoms with Gasteiger partial charge in [-0.3, -0.25) is 4.98 Å². The molecule has 2 atom stereocenters. The lowest BCUT2D eigenvalue weighted by atomic mass is 10.1. The Balaban J connectivity index is 1.89. The number of nitrogens with one attached hydrogen (secondary N) is 1. The highest BCUT2D eigenvalue weighted by Crippen LogP contribution is 2.18. The Morgan fingerprint density at radius 1 is 1.20 bits per heavy atom. The molecule has 1 aromatic carbocycles. The smallest absolute Gasteiger partial charge is 0.118 e. The minimum atomic E-state index is -0.542. The number of nitrogens with zero attached hydrogens (tertiary/aromatic N) is 1. The van der Waals surface area contributed by atoms with Crippen LogP contribution in [0.2, 0.25) is 0 Å². The molecule has 0 amide bonds. The van der Waals surface area contributed by atoms with Gasteiger partial charge in [0.1, 0.15) is 5.75 Å². The molecule has 0 radical (unpaired) electrons. The minimum Gasteiger partial charge on any atom is -0.497 e. The number of methoxy groups -OCH3 is 1. The minimum absolute atomic E-state index is 0.150. The number of aliphatic hydroxyl groups is 1. The second-order valence-corrected chi connectivity index (χ2v) is 4.71. The molecule has 0 aliphatic rings. The van der Waals surface area contributed by atoms with Gasteiger partial charge in [-0.05, 0) is 36.2 Å². The summed E-state index contributed by atoms with van der Waals surface area (Å²) in [7, 11) is 1.63. The molecule has 1 heterocycles. The van der Waals surface area contributed by atoms with Crippen molar-refractivity contribution in [2.45, 2.75) is 19.1 Å². The van der Waals surface area contributed by atoms with Crippen molar-refractivity contribution in [1.82, 2.24) is 10.3 Å². The number of rotatable bonds is 6. The van der Waals surface area contributed by atoms with Gasteiger partial charge < -0.3 is 15.2 Å². The van der Waals surface area contributed by atoms with Crippen LogP contribution in [0.4, 0.5) is 0 Å². The second kappa shape index (κ2) is 7.03. The lowest BCUT2D eigenvalue weighted by molar-refractivity contribution is 0.170. The highest BCUT2D eigenvalue weighted by molar-refractivity contribution is 5.28. The van der Waals surface area contributed by atoms with Crippen LogP contribution in [-0.2, 0) is 0 Å². The highest BCUT2D eigenvalue weighted by atomic mass is 16.5. The van der Waals surface area contributed by atoms with E-state index in [1.807, 2.05) is 42.6 Å². The van der Waals surface area contributed by atoms with Gasteiger partial charge in [-0.15, -0.1) is 0 Å². The number of pyridine rings is 1. The molecule has 106 valence electrons. The summed E-state index contributed by atoms with van der Waals surface area (Å²) >= 11 is 0. The van der Waals surface area contributed by atoms with Crippen LogP contribution >= 0.6 is 0 Å². The van der Waals surface area contributed by atoms with Gasteiger partial charge in [0.25, 0.3) is 0 Å². The number of aromatic nitrogens is 1. The van der Waals surface area contributed by atoms with E-state index < -0.39 is 6.10 Å². The third-order valence-corrected chi connectivity index (χ3v) is 3.30. The summed E-state index contributed by atoms with van der Waals surface area (Å²) in [6.45, 7) is 2.54. The molecule has 0 bridgehead atoms. The molecule has 1 aromatic heterocycles. The topological polar surface area (TPSA) is 54.4 Å². The van der Waals surface area contributed by atoms with Crippen LogP contribution in [0.3, 0.4) is 0 Å². The van der Waals surface area contributed by atoms with Gasteiger partial charge in [0, 0.05) is 25.0 Å². The Morgan fingerprint density at radius 3 is 2.55 bits per heavy atom. The third-order valence-electron chi connectivity index (χ3n) is 3.30. The van der Waals surface area contributed by atoms with Crippen LogP contribution < -0.4 is 10.1 Å². The molecule has 0 fully saturated rings. The average molecular weight is 272 g/mol. The molecule has 20 heavy (non-hydrogen) atoms. The number of hydrogen-bond acceptors (Lipinski definition) is 4. The van der Waals surface area contributed by atoms with Crippen molar-refractivity contribution >= 4 is 0 Å². The molecule has 0 aliphatic heterocycles. The van der Waals surface area contributed by atoms with Gasteiger partial charge in [0.05, 0.1) is 13.2 Å². The third kappa shape index (κ3) is 3.79. The molecule has 0 spiro atoms. The fourth-order valence-electron chi connectivity index (χ4n) is 1.98. The Labute approximate surface area is 119 Å². The van der Waals surface area contributed by atoms with Crippen LogP contribution in [0.5, 0.6) is 5.75 Å². The van der Waals surface area contributed by atoms with Gasteiger partial charge in [0.2, 0.25) is 0 Å². The Hall–Kier alpha value is -1.91. The molecule has 0 saturated carbocycles. The molecule has 2 aromatic rings. The molecule has 4 heteroatoms. The van der Waals surface area contributed by atoms with Crippen molar-refractivity contribution < 1.29 is 9.84 Å². The zero-order chi connectivity index (χ0) is 14.4. The van der Waals surface area contributed by atoms with Crippen LogP contribution in [0.25, 0.3) is 0 Å². The maximum atomic E-state index is 10.2. The Bertz CT molecular complexity index is 514.